The van der Waals surface area contributed by atoms with Gasteiger partial charge in [0.25, 0.3) is 11.5 Å². The van der Waals surface area contributed by atoms with Crippen molar-refractivity contribution in [1.82, 2.24) is 9.78 Å². The second-order valence-electron chi connectivity index (χ2n) is 7.31. The summed E-state index contributed by atoms with van der Waals surface area (Å²) in [6.07, 6.45) is 5.85. The molecule has 1 N–H and O–H groups in total. The van der Waals surface area contributed by atoms with Crippen LogP contribution in [0.15, 0.2) is 58.2 Å². The van der Waals surface area contributed by atoms with Gasteiger partial charge < -0.3 is 10.1 Å². The lowest BCUT2D eigenvalue weighted by Gasteiger charge is -2.12. The SMILES string of the molecule is CCCCCCn1nc(C(=O)OCC(=O)Nc2ccccc2SC)c2ccccc2c1=O. The average Bonchev–Trinajstić information content (AvgIpc) is 2.82. The van der Waals surface area contributed by atoms with E-state index in [0.717, 1.165) is 30.6 Å². The van der Waals surface area contributed by atoms with E-state index in [1.807, 2.05) is 24.5 Å². The number of benzene rings is 2. The van der Waals surface area contributed by atoms with Crippen LogP contribution < -0.4 is 10.9 Å². The summed E-state index contributed by atoms with van der Waals surface area (Å²) >= 11 is 1.51. The lowest BCUT2D eigenvalue weighted by atomic mass is 10.1. The fraction of sp³-hybridized carbons (Fsp3) is 0.333. The van der Waals surface area contributed by atoms with E-state index in [1.54, 1.807) is 30.3 Å². The molecule has 0 aliphatic heterocycles. The molecule has 0 unspecified atom stereocenters. The molecule has 8 heteroatoms. The first-order chi connectivity index (χ1) is 15.5. The summed E-state index contributed by atoms with van der Waals surface area (Å²) < 4.78 is 6.57. The first kappa shape index (κ1) is 23.5. The van der Waals surface area contributed by atoms with Crippen molar-refractivity contribution in [2.75, 3.05) is 18.2 Å². The summed E-state index contributed by atoms with van der Waals surface area (Å²) in [5, 5.41) is 7.86. The summed E-state index contributed by atoms with van der Waals surface area (Å²) in [4.78, 5) is 38.8. The second-order valence-corrected chi connectivity index (χ2v) is 8.16. The molecule has 1 aromatic heterocycles. The number of nitrogens with zero attached hydrogens (tertiary/aromatic N) is 2. The summed E-state index contributed by atoms with van der Waals surface area (Å²) in [5.41, 5.74) is 0.457. The van der Waals surface area contributed by atoms with Gasteiger partial charge in [0.05, 0.1) is 11.1 Å². The number of anilines is 1. The lowest BCUT2D eigenvalue weighted by molar-refractivity contribution is -0.119. The fourth-order valence-corrected chi connectivity index (χ4v) is 3.91. The third-order valence-corrected chi connectivity index (χ3v) is 5.80. The molecule has 32 heavy (non-hydrogen) atoms. The molecular weight excluding hydrogens is 426 g/mol. The maximum absolute atomic E-state index is 12.8. The van der Waals surface area contributed by atoms with Gasteiger partial charge >= 0.3 is 5.97 Å². The maximum atomic E-state index is 12.8. The molecule has 0 saturated carbocycles. The van der Waals surface area contributed by atoms with E-state index in [4.69, 9.17) is 4.74 Å². The molecular formula is C24H27N3O4S. The number of para-hydroxylation sites is 1. The average molecular weight is 454 g/mol. The number of nitrogens with one attached hydrogen (secondary N) is 1. The highest BCUT2D eigenvalue weighted by molar-refractivity contribution is 7.98. The summed E-state index contributed by atoms with van der Waals surface area (Å²) in [6, 6.07) is 14.2. The number of carbonyl (C=O) groups excluding carboxylic acids is 2. The van der Waals surface area contributed by atoms with Crippen molar-refractivity contribution in [3.8, 4) is 0 Å². The quantitative estimate of drug-likeness (QED) is 0.276. The minimum Gasteiger partial charge on any atom is -0.451 e. The van der Waals surface area contributed by atoms with E-state index < -0.39 is 18.5 Å². The third-order valence-electron chi connectivity index (χ3n) is 5.00. The van der Waals surface area contributed by atoms with Crippen LogP contribution >= 0.6 is 11.8 Å². The van der Waals surface area contributed by atoms with Crippen LogP contribution in [0.3, 0.4) is 0 Å². The molecule has 0 spiro atoms. The van der Waals surface area contributed by atoms with Gasteiger partial charge in [-0.25, -0.2) is 9.48 Å². The Balaban J connectivity index is 1.75. The Hall–Kier alpha value is -3.13. The van der Waals surface area contributed by atoms with Crippen LogP contribution in [-0.2, 0) is 16.1 Å². The van der Waals surface area contributed by atoms with Crippen molar-refractivity contribution >= 4 is 40.1 Å². The summed E-state index contributed by atoms with van der Waals surface area (Å²) in [5.74, 6) is -1.19. The van der Waals surface area contributed by atoms with Crippen LogP contribution in [0, 0.1) is 0 Å². The zero-order valence-corrected chi connectivity index (χ0v) is 19.1. The summed E-state index contributed by atoms with van der Waals surface area (Å²) in [6.45, 7) is 2.09. The Bertz CT molecular complexity index is 1160. The normalized spacial score (nSPS) is 10.8. The van der Waals surface area contributed by atoms with E-state index >= 15 is 0 Å². The molecule has 3 aromatic rings. The van der Waals surface area contributed by atoms with E-state index in [0.29, 0.717) is 23.0 Å². The van der Waals surface area contributed by atoms with Gasteiger partial charge in [-0.15, -0.1) is 11.8 Å². The minimum absolute atomic E-state index is 0.0352. The van der Waals surface area contributed by atoms with E-state index in [9.17, 15) is 14.4 Å². The van der Waals surface area contributed by atoms with Gasteiger partial charge in [-0.05, 0) is 30.9 Å². The molecule has 2 aromatic carbocycles. The highest BCUT2D eigenvalue weighted by atomic mass is 32.2. The number of fused-ring (bicyclic) bond motifs is 1. The van der Waals surface area contributed by atoms with Gasteiger partial charge in [-0.3, -0.25) is 9.59 Å². The Morgan fingerprint density at radius 3 is 2.50 bits per heavy atom. The van der Waals surface area contributed by atoms with Crippen molar-refractivity contribution in [2.45, 2.75) is 44.0 Å². The molecule has 0 aliphatic rings. The maximum Gasteiger partial charge on any atom is 0.359 e. The molecule has 0 fully saturated rings. The van der Waals surface area contributed by atoms with Gasteiger partial charge in [0.2, 0.25) is 0 Å². The standard InChI is InChI=1S/C24H27N3O4S/c1-3-4-5-10-15-27-23(29)18-12-7-6-11-17(18)22(26-27)24(30)31-16-21(28)25-19-13-8-9-14-20(19)32-2/h6-9,11-14H,3-5,10,15-16H2,1-2H3,(H,25,28). The Labute approximate surface area is 191 Å². The molecule has 3 rings (SSSR count). The predicted molar refractivity (Wildman–Crippen MR) is 127 cm³/mol. The number of hydrogen-bond donors (Lipinski definition) is 1. The van der Waals surface area contributed by atoms with Crippen molar-refractivity contribution in [3.63, 3.8) is 0 Å². The highest BCUT2D eigenvalue weighted by Crippen LogP contribution is 2.24. The Morgan fingerprint density at radius 2 is 1.75 bits per heavy atom. The number of amides is 1. The molecule has 168 valence electrons. The first-order valence-corrected chi connectivity index (χ1v) is 11.9. The molecule has 0 aliphatic carbocycles. The lowest BCUT2D eigenvalue weighted by Crippen LogP contribution is -2.28. The number of hydrogen-bond acceptors (Lipinski definition) is 6. The van der Waals surface area contributed by atoms with Crippen LogP contribution in [0.4, 0.5) is 5.69 Å². The van der Waals surface area contributed by atoms with E-state index in [2.05, 4.69) is 17.3 Å². The molecule has 0 saturated heterocycles. The highest BCUT2D eigenvalue weighted by Gasteiger charge is 2.19. The molecule has 1 amide bonds. The molecule has 0 bridgehead atoms. The van der Waals surface area contributed by atoms with Gasteiger partial charge in [0.1, 0.15) is 0 Å². The smallest absolute Gasteiger partial charge is 0.359 e. The number of aryl methyl sites for hydroxylation is 1. The van der Waals surface area contributed by atoms with E-state index in [1.165, 1.54) is 16.4 Å². The van der Waals surface area contributed by atoms with Gasteiger partial charge in [-0.1, -0.05) is 56.5 Å². The monoisotopic (exact) mass is 453 g/mol. The number of carbonyl (C=O) groups is 2. The first-order valence-electron chi connectivity index (χ1n) is 10.6. The van der Waals surface area contributed by atoms with Crippen LogP contribution in [0.25, 0.3) is 10.8 Å². The van der Waals surface area contributed by atoms with Gasteiger partial charge in [0.15, 0.2) is 12.3 Å². The molecule has 0 atom stereocenters. The van der Waals surface area contributed by atoms with Crippen LogP contribution in [-0.4, -0.2) is 34.5 Å². The Morgan fingerprint density at radius 1 is 1.03 bits per heavy atom. The zero-order valence-electron chi connectivity index (χ0n) is 18.3. The summed E-state index contributed by atoms with van der Waals surface area (Å²) in [7, 11) is 0. The topological polar surface area (TPSA) is 90.3 Å². The number of ether oxygens (including phenoxy) is 1. The largest absolute Gasteiger partial charge is 0.451 e. The van der Waals surface area contributed by atoms with Crippen LogP contribution in [0.2, 0.25) is 0 Å². The van der Waals surface area contributed by atoms with Crippen LogP contribution in [0.1, 0.15) is 43.1 Å². The molecule has 7 nitrogen and oxygen atoms in total. The molecule has 0 radical (unpaired) electrons. The number of aromatic nitrogens is 2. The van der Waals surface area contributed by atoms with E-state index in [-0.39, 0.29) is 11.3 Å². The second kappa shape index (κ2) is 11.5. The number of thioether (sulfide) groups is 1. The fourth-order valence-electron chi connectivity index (χ4n) is 3.36. The third kappa shape index (κ3) is 5.76. The van der Waals surface area contributed by atoms with Gasteiger partial charge in [0, 0.05) is 16.8 Å². The van der Waals surface area contributed by atoms with Crippen molar-refractivity contribution < 1.29 is 14.3 Å². The van der Waals surface area contributed by atoms with Crippen LogP contribution in [0.5, 0.6) is 0 Å². The van der Waals surface area contributed by atoms with Crippen molar-refractivity contribution in [2.24, 2.45) is 0 Å². The Kier molecular flexibility index (Phi) is 8.44. The number of unbranched alkanes of at least 4 members (excludes halogenated alkanes) is 3. The predicted octanol–water partition coefficient (Wildman–Crippen LogP) is 4.49. The molecule has 1 heterocycles. The number of rotatable bonds is 10. The van der Waals surface area contributed by atoms with Gasteiger partial charge in [-0.2, -0.15) is 5.10 Å². The minimum atomic E-state index is -0.739. The zero-order chi connectivity index (χ0) is 22.9. The van der Waals surface area contributed by atoms with Crippen molar-refractivity contribution in [1.29, 1.82) is 0 Å². The van der Waals surface area contributed by atoms with Crippen molar-refractivity contribution in [3.05, 3.63) is 64.6 Å². The number of esters is 1.